The first-order chi connectivity index (χ1) is 7.56. The first-order valence-electron chi connectivity index (χ1n) is 5.70. The van der Waals surface area contributed by atoms with Crippen LogP contribution in [0.4, 0.5) is 0 Å². The molecule has 0 radical (unpaired) electrons. The summed E-state index contributed by atoms with van der Waals surface area (Å²) in [7, 11) is 0. The molecule has 0 bridgehead atoms. The van der Waals surface area contributed by atoms with Gasteiger partial charge in [0.25, 0.3) is 0 Å². The van der Waals surface area contributed by atoms with Crippen LogP contribution in [0.25, 0.3) is 0 Å². The van der Waals surface area contributed by atoms with Crippen molar-refractivity contribution >= 4 is 11.9 Å². The van der Waals surface area contributed by atoms with E-state index in [1.165, 1.54) is 6.08 Å². The number of nitrogens with one attached hydrogen (secondary N) is 1. The normalized spacial score (nSPS) is 26.1. The third kappa shape index (κ3) is 3.08. The van der Waals surface area contributed by atoms with Crippen LogP contribution >= 0.6 is 0 Å². The largest absolute Gasteiger partial charge is 0.480 e. The maximum absolute atomic E-state index is 11.8. The second-order valence-electron chi connectivity index (χ2n) is 4.44. The van der Waals surface area contributed by atoms with E-state index >= 15 is 0 Å². The van der Waals surface area contributed by atoms with E-state index in [0.29, 0.717) is 5.92 Å². The molecule has 16 heavy (non-hydrogen) atoms. The van der Waals surface area contributed by atoms with Crippen LogP contribution in [-0.2, 0) is 9.59 Å². The van der Waals surface area contributed by atoms with E-state index in [1.807, 2.05) is 6.92 Å². The van der Waals surface area contributed by atoms with Gasteiger partial charge in [0.05, 0.1) is 0 Å². The molecule has 0 spiro atoms. The fourth-order valence-electron chi connectivity index (χ4n) is 2.20. The lowest BCUT2D eigenvalue weighted by Crippen LogP contribution is -2.43. The molecule has 4 nitrogen and oxygen atoms in total. The minimum atomic E-state index is -1.00. The van der Waals surface area contributed by atoms with Gasteiger partial charge in [-0.25, -0.2) is 4.79 Å². The van der Waals surface area contributed by atoms with E-state index in [1.54, 1.807) is 0 Å². The summed E-state index contributed by atoms with van der Waals surface area (Å²) in [6, 6.07) is -0.835. The summed E-state index contributed by atoms with van der Waals surface area (Å²) in [5, 5.41) is 11.5. The van der Waals surface area contributed by atoms with Gasteiger partial charge in [0.1, 0.15) is 6.04 Å². The highest BCUT2D eigenvalue weighted by atomic mass is 16.4. The standard InChI is InChI=1S/C12H19NO3/c1-3-5-10(12(15)16)13-11(14)9-7-4-6-8(9)2/h3,8-10H,1,4-7H2,2H3,(H,13,14)(H,15,16). The van der Waals surface area contributed by atoms with Crippen molar-refractivity contribution in [2.75, 3.05) is 0 Å². The highest BCUT2D eigenvalue weighted by Crippen LogP contribution is 2.31. The summed E-state index contributed by atoms with van der Waals surface area (Å²) < 4.78 is 0. The molecular weight excluding hydrogens is 206 g/mol. The summed E-state index contributed by atoms with van der Waals surface area (Å²) in [4.78, 5) is 22.7. The van der Waals surface area contributed by atoms with Crippen molar-refractivity contribution < 1.29 is 14.7 Å². The monoisotopic (exact) mass is 225 g/mol. The minimum Gasteiger partial charge on any atom is -0.480 e. The molecule has 1 amide bonds. The van der Waals surface area contributed by atoms with E-state index in [9.17, 15) is 9.59 Å². The van der Waals surface area contributed by atoms with E-state index < -0.39 is 12.0 Å². The molecule has 1 rings (SSSR count). The Balaban J connectivity index is 2.53. The van der Waals surface area contributed by atoms with Crippen LogP contribution in [0.15, 0.2) is 12.7 Å². The first kappa shape index (κ1) is 12.7. The van der Waals surface area contributed by atoms with Crippen molar-refractivity contribution in [2.24, 2.45) is 11.8 Å². The Kier molecular flexibility index (Phi) is 4.52. The predicted molar refractivity (Wildman–Crippen MR) is 60.9 cm³/mol. The smallest absolute Gasteiger partial charge is 0.326 e. The second kappa shape index (κ2) is 5.68. The van der Waals surface area contributed by atoms with Crippen molar-refractivity contribution in [1.82, 2.24) is 5.32 Å². The Morgan fingerprint density at radius 3 is 2.69 bits per heavy atom. The Morgan fingerprint density at radius 2 is 2.25 bits per heavy atom. The van der Waals surface area contributed by atoms with Crippen LogP contribution in [0.5, 0.6) is 0 Å². The first-order valence-corrected chi connectivity index (χ1v) is 5.70. The molecule has 1 aliphatic carbocycles. The number of aliphatic carboxylic acids is 1. The topological polar surface area (TPSA) is 66.4 Å². The number of hydrogen-bond acceptors (Lipinski definition) is 2. The number of carbonyl (C=O) groups excluding carboxylic acids is 1. The van der Waals surface area contributed by atoms with Crippen LogP contribution in [0.1, 0.15) is 32.6 Å². The van der Waals surface area contributed by atoms with Crippen molar-refractivity contribution in [3.8, 4) is 0 Å². The number of rotatable bonds is 5. The highest BCUT2D eigenvalue weighted by molar-refractivity contribution is 5.85. The van der Waals surface area contributed by atoms with Crippen molar-refractivity contribution in [3.63, 3.8) is 0 Å². The lowest BCUT2D eigenvalue weighted by molar-refractivity contribution is -0.142. The molecule has 0 saturated heterocycles. The van der Waals surface area contributed by atoms with Gasteiger partial charge >= 0.3 is 5.97 Å². The van der Waals surface area contributed by atoms with E-state index in [4.69, 9.17) is 5.11 Å². The molecule has 4 heteroatoms. The summed E-state index contributed by atoms with van der Waals surface area (Å²) in [5.41, 5.74) is 0. The summed E-state index contributed by atoms with van der Waals surface area (Å²) >= 11 is 0. The number of carbonyl (C=O) groups is 2. The molecule has 1 fully saturated rings. The zero-order valence-electron chi connectivity index (χ0n) is 9.61. The average Bonchev–Trinajstić information content (AvgIpc) is 2.63. The molecule has 3 atom stereocenters. The molecule has 2 N–H and O–H groups in total. The molecule has 0 heterocycles. The zero-order valence-corrected chi connectivity index (χ0v) is 9.61. The zero-order chi connectivity index (χ0) is 12.1. The van der Waals surface area contributed by atoms with E-state index in [0.717, 1.165) is 19.3 Å². The molecule has 90 valence electrons. The van der Waals surface area contributed by atoms with Gasteiger partial charge in [0.2, 0.25) is 5.91 Å². The van der Waals surface area contributed by atoms with Crippen LogP contribution in [0.2, 0.25) is 0 Å². The fourth-order valence-corrected chi connectivity index (χ4v) is 2.20. The maximum Gasteiger partial charge on any atom is 0.326 e. The van der Waals surface area contributed by atoms with Crippen molar-refractivity contribution in [2.45, 2.75) is 38.6 Å². The van der Waals surface area contributed by atoms with Gasteiger partial charge < -0.3 is 10.4 Å². The maximum atomic E-state index is 11.8. The molecule has 0 aromatic carbocycles. The Labute approximate surface area is 95.7 Å². The SMILES string of the molecule is C=CCC(NC(=O)C1CCCC1C)C(=O)O. The van der Waals surface area contributed by atoms with Gasteiger partial charge in [-0.2, -0.15) is 0 Å². The van der Waals surface area contributed by atoms with E-state index in [2.05, 4.69) is 11.9 Å². The van der Waals surface area contributed by atoms with Crippen LogP contribution < -0.4 is 5.32 Å². The number of carboxylic acid groups (broad SMARTS) is 1. The van der Waals surface area contributed by atoms with Crippen molar-refractivity contribution in [3.05, 3.63) is 12.7 Å². The highest BCUT2D eigenvalue weighted by Gasteiger charge is 2.31. The molecule has 1 saturated carbocycles. The number of hydrogen-bond donors (Lipinski definition) is 2. The molecule has 1 aliphatic rings. The molecule has 0 aromatic rings. The molecular formula is C12H19NO3. The Morgan fingerprint density at radius 1 is 1.56 bits per heavy atom. The second-order valence-corrected chi connectivity index (χ2v) is 4.44. The number of carboxylic acids is 1. The third-order valence-electron chi connectivity index (χ3n) is 3.22. The molecule has 0 aromatic heterocycles. The minimum absolute atomic E-state index is 0.0216. The Hall–Kier alpha value is -1.32. The van der Waals surface area contributed by atoms with E-state index in [-0.39, 0.29) is 18.2 Å². The quantitative estimate of drug-likeness (QED) is 0.698. The van der Waals surface area contributed by atoms with Crippen molar-refractivity contribution in [1.29, 1.82) is 0 Å². The third-order valence-corrected chi connectivity index (χ3v) is 3.22. The summed E-state index contributed by atoms with van der Waals surface area (Å²) in [6.45, 7) is 5.53. The summed E-state index contributed by atoms with van der Waals surface area (Å²) in [6.07, 6.45) is 4.75. The van der Waals surface area contributed by atoms with Gasteiger partial charge in [-0.15, -0.1) is 6.58 Å². The van der Waals surface area contributed by atoms with Gasteiger partial charge in [-0.05, 0) is 25.2 Å². The molecule has 3 unspecified atom stereocenters. The average molecular weight is 225 g/mol. The molecule has 0 aliphatic heterocycles. The summed E-state index contributed by atoms with van der Waals surface area (Å²) in [5.74, 6) is -0.789. The lowest BCUT2D eigenvalue weighted by Gasteiger charge is -2.18. The van der Waals surface area contributed by atoms with Gasteiger partial charge in [-0.1, -0.05) is 19.4 Å². The number of amides is 1. The Bertz CT molecular complexity index is 288. The van der Waals surface area contributed by atoms with Crippen LogP contribution in [0, 0.1) is 11.8 Å². The van der Waals surface area contributed by atoms with Crippen LogP contribution in [0.3, 0.4) is 0 Å². The van der Waals surface area contributed by atoms with Gasteiger partial charge in [-0.3, -0.25) is 4.79 Å². The van der Waals surface area contributed by atoms with Gasteiger partial charge in [0.15, 0.2) is 0 Å². The van der Waals surface area contributed by atoms with Crippen LogP contribution in [-0.4, -0.2) is 23.0 Å². The lowest BCUT2D eigenvalue weighted by atomic mass is 9.97. The fraction of sp³-hybridized carbons (Fsp3) is 0.667. The van der Waals surface area contributed by atoms with Gasteiger partial charge in [0, 0.05) is 5.92 Å². The predicted octanol–water partition coefficient (Wildman–Crippen LogP) is 1.57.